The van der Waals surface area contributed by atoms with Crippen molar-refractivity contribution >= 4 is 5.69 Å². The highest BCUT2D eigenvalue weighted by Crippen LogP contribution is 2.34. The number of aliphatic hydroxyl groups excluding tert-OH is 1. The topological polar surface area (TPSA) is 23.5 Å². The van der Waals surface area contributed by atoms with Crippen molar-refractivity contribution < 1.29 is 5.11 Å². The molecule has 0 heterocycles. The molecule has 0 aliphatic heterocycles. The molecular weight excluding hydrogens is 222 g/mol. The first-order valence-corrected chi connectivity index (χ1v) is 7.09. The monoisotopic (exact) mass is 247 g/mol. The predicted octanol–water partition coefficient (Wildman–Crippen LogP) is 3.50. The van der Waals surface area contributed by atoms with Gasteiger partial charge in [-0.1, -0.05) is 31.5 Å². The van der Waals surface area contributed by atoms with Crippen molar-refractivity contribution in [2.24, 2.45) is 5.92 Å². The second-order valence-electron chi connectivity index (χ2n) is 5.90. The second-order valence-corrected chi connectivity index (χ2v) is 5.90. The smallest absolute Gasteiger partial charge is 0.0702 e. The Kier molecular flexibility index (Phi) is 4.28. The maximum absolute atomic E-state index is 9.54. The van der Waals surface area contributed by atoms with Gasteiger partial charge in [-0.3, -0.25) is 0 Å². The average Bonchev–Trinajstić information content (AvgIpc) is 3.15. The molecule has 1 saturated carbocycles. The maximum Gasteiger partial charge on any atom is 0.0702 e. The van der Waals surface area contributed by atoms with Crippen LogP contribution in [0.25, 0.3) is 0 Å². The van der Waals surface area contributed by atoms with E-state index in [1.807, 2.05) is 0 Å². The molecule has 1 fully saturated rings. The van der Waals surface area contributed by atoms with Gasteiger partial charge in [0.1, 0.15) is 0 Å². The lowest BCUT2D eigenvalue weighted by Gasteiger charge is -2.28. The van der Waals surface area contributed by atoms with Crippen LogP contribution in [0.4, 0.5) is 5.69 Å². The Morgan fingerprint density at radius 3 is 2.61 bits per heavy atom. The molecular formula is C16H25NO. The van der Waals surface area contributed by atoms with Gasteiger partial charge in [0, 0.05) is 23.8 Å². The van der Waals surface area contributed by atoms with Crippen molar-refractivity contribution in [2.75, 3.05) is 11.4 Å². The van der Waals surface area contributed by atoms with Gasteiger partial charge in [-0.25, -0.2) is 0 Å². The van der Waals surface area contributed by atoms with Crippen molar-refractivity contribution in [3.8, 4) is 0 Å². The van der Waals surface area contributed by atoms with Crippen molar-refractivity contribution in [2.45, 2.75) is 52.7 Å². The first-order valence-electron chi connectivity index (χ1n) is 7.09. The average molecular weight is 247 g/mol. The largest absolute Gasteiger partial charge is 0.392 e. The highest BCUT2D eigenvalue weighted by Gasteiger charge is 2.30. The number of aryl methyl sites for hydroxylation is 1. The van der Waals surface area contributed by atoms with Crippen LogP contribution in [-0.2, 0) is 6.61 Å². The lowest BCUT2D eigenvalue weighted by molar-refractivity contribution is 0.282. The van der Waals surface area contributed by atoms with Crippen LogP contribution >= 0.6 is 0 Å². The third kappa shape index (κ3) is 3.26. The van der Waals surface area contributed by atoms with E-state index in [0.29, 0.717) is 6.04 Å². The molecule has 1 aliphatic carbocycles. The van der Waals surface area contributed by atoms with Crippen LogP contribution in [0.2, 0.25) is 0 Å². The summed E-state index contributed by atoms with van der Waals surface area (Å²) in [4.78, 5) is 2.50. The van der Waals surface area contributed by atoms with Crippen LogP contribution in [0.15, 0.2) is 18.2 Å². The van der Waals surface area contributed by atoms with E-state index in [-0.39, 0.29) is 6.61 Å². The molecule has 18 heavy (non-hydrogen) atoms. The van der Waals surface area contributed by atoms with Crippen LogP contribution in [0, 0.1) is 12.8 Å². The highest BCUT2D eigenvalue weighted by atomic mass is 16.3. The molecule has 1 aromatic rings. The minimum Gasteiger partial charge on any atom is -0.392 e. The predicted molar refractivity (Wildman–Crippen MR) is 76.9 cm³/mol. The van der Waals surface area contributed by atoms with E-state index < -0.39 is 0 Å². The standard InChI is InChI=1S/C16H25NO/c1-12(2)8-9-17(15-5-6-15)16-7-4-13(3)10-14(16)11-18/h4,7,10,12,15,18H,5-6,8-9,11H2,1-3H3. The molecule has 2 rings (SSSR count). The van der Waals surface area contributed by atoms with E-state index in [2.05, 4.69) is 43.9 Å². The van der Waals surface area contributed by atoms with Crippen LogP contribution in [0.5, 0.6) is 0 Å². The van der Waals surface area contributed by atoms with E-state index in [0.717, 1.165) is 18.0 Å². The summed E-state index contributed by atoms with van der Waals surface area (Å²) < 4.78 is 0. The number of rotatable bonds is 6. The van der Waals surface area contributed by atoms with Crippen molar-refractivity contribution in [3.63, 3.8) is 0 Å². The van der Waals surface area contributed by atoms with E-state index in [4.69, 9.17) is 0 Å². The SMILES string of the molecule is Cc1ccc(N(CCC(C)C)C2CC2)c(CO)c1. The number of benzene rings is 1. The summed E-state index contributed by atoms with van der Waals surface area (Å²) in [6.07, 6.45) is 3.82. The zero-order valence-electron chi connectivity index (χ0n) is 11.8. The first-order chi connectivity index (χ1) is 8.61. The summed E-state index contributed by atoms with van der Waals surface area (Å²) in [6, 6.07) is 7.15. The van der Waals surface area contributed by atoms with Crippen LogP contribution in [-0.4, -0.2) is 17.7 Å². The molecule has 0 aromatic heterocycles. The number of aliphatic hydroxyl groups is 1. The summed E-state index contributed by atoms with van der Waals surface area (Å²) in [6.45, 7) is 7.87. The Morgan fingerprint density at radius 2 is 2.06 bits per heavy atom. The second kappa shape index (κ2) is 5.75. The van der Waals surface area contributed by atoms with Gasteiger partial charge >= 0.3 is 0 Å². The summed E-state index contributed by atoms with van der Waals surface area (Å²) in [5, 5.41) is 9.54. The van der Waals surface area contributed by atoms with Gasteiger partial charge in [0.25, 0.3) is 0 Å². The molecule has 0 radical (unpaired) electrons. The maximum atomic E-state index is 9.54. The van der Waals surface area contributed by atoms with Gasteiger partial charge in [-0.15, -0.1) is 0 Å². The third-order valence-corrected chi connectivity index (χ3v) is 3.65. The Bertz CT molecular complexity index is 396. The zero-order valence-corrected chi connectivity index (χ0v) is 11.8. The fraction of sp³-hybridized carbons (Fsp3) is 0.625. The molecule has 1 N–H and O–H groups in total. The molecule has 1 aromatic carbocycles. The fourth-order valence-electron chi connectivity index (χ4n) is 2.40. The highest BCUT2D eigenvalue weighted by molar-refractivity contribution is 5.56. The van der Waals surface area contributed by atoms with Crippen LogP contribution < -0.4 is 4.90 Å². The number of nitrogens with zero attached hydrogens (tertiary/aromatic N) is 1. The molecule has 0 amide bonds. The van der Waals surface area contributed by atoms with Gasteiger partial charge in [0.05, 0.1) is 6.61 Å². The van der Waals surface area contributed by atoms with E-state index in [9.17, 15) is 5.11 Å². The number of hydrogen-bond acceptors (Lipinski definition) is 2. The molecule has 0 atom stereocenters. The molecule has 0 unspecified atom stereocenters. The normalized spacial score (nSPS) is 15.2. The zero-order chi connectivity index (χ0) is 13.1. The van der Waals surface area contributed by atoms with Gasteiger partial charge in [0.15, 0.2) is 0 Å². The number of hydrogen-bond donors (Lipinski definition) is 1. The summed E-state index contributed by atoms with van der Waals surface area (Å²) >= 11 is 0. The van der Waals surface area contributed by atoms with Gasteiger partial charge in [0.2, 0.25) is 0 Å². The third-order valence-electron chi connectivity index (χ3n) is 3.65. The Morgan fingerprint density at radius 1 is 1.33 bits per heavy atom. The lowest BCUT2D eigenvalue weighted by atomic mass is 10.1. The Labute approximate surface area is 111 Å². The molecule has 1 aliphatic rings. The summed E-state index contributed by atoms with van der Waals surface area (Å²) in [5.41, 5.74) is 3.54. The van der Waals surface area contributed by atoms with Crippen LogP contribution in [0.1, 0.15) is 44.2 Å². The van der Waals surface area contributed by atoms with Crippen LogP contribution in [0.3, 0.4) is 0 Å². The lowest BCUT2D eigenvalue weighted by Crippen LogP contribution is -2.28. The van der Waals surface area contributed by atoms with Gasteiger partial charge < -0.3 is 10.0 Å². The van der Waals surface area contributed by atoms with E-state index >= 15 is 0 Å². The van der Waals surface area contributed by atoms with E-state index in [1.165, 1.54) is 30.5 Å². The quantitative estimate of drug-likeness (QED) is 0.831. The van der Waals surface area contributed by atoms with E-state index in [1.54, 1.807) is 0 Å². The summed E-state index contributed by atoms with van der Waals surface area (Å²) in [7, 11) is 0. The minimum absolute atomic E-state index is 0.141. The molecule has 100 valence electrons. The Balaban J connectivity index is 2.19. The van der Waals surface area contributed by atoms with Gasteiger partial charge in [-0.2, -0.15) is 0 Å². The molecule has 2 nitrogen and oxygen atoms in total. The van der Waals surface area contributed by atoms with Crippen molar-refractivity contribution in [3.05, 3.63) is 29.3 Å². The summed E-state index contributed by atoms with van der Waals surface area (Å²) in [5.74, 6) is 0.731. The molecule has 2 heteroatoms. The number of anilines is 1. The molecule has 0 spiro atoms. The van der Waals surface area contributed by atoms with Crippen molar-refractivity contribution in [1.82, 2.24) is 0 Å². The molecule has 0 bridgehead atoms. The Hall–Kier alpha value is -1.02. The van der Waals surface area contributed by atoms with Gasteiger partial charge in [-0.05, 0) is 38.2 Å². The minimum atomic E-state index is 0.141. The fourth-order valence-corrected chi connectivity index (χ4v) is 2.40. The molecule has 0 saturated heterocycles. The van der Waals surface area contributed by atoms with Crippen molar-refractivity contribution in [1.29, 1.82) is 0 Å². The first kappa shape index (κ1) is 13.4.